The second-order valence-electron chi connectivity index (χ2n) is 5.73. The number of urea groups is 1. The molecule has 0 saturated carbocycles. The van der Waals surface area contributed by atoms with Gasteiger partial charge in [-0.05, 0) is 24.3 Å². The molecule has 168 valence electrons. The third-order valence-electron chi connectivity index (χ3n) is 3.42. The van der Waals surface area contributed by atoms with Crippen LogP contribution in [0.3, 0.4) is 0 Å². The molecule has 0 aromatic heterocycles. The van der Waals surface area contributed by atoms with Crippen LogP contribution in [0.5, 0.6) is 5.75 Å². The standard InChI is InChI=1S/C17H9Cl3F6N2O3/c18-9-4-2-1-3-8(9)13(29)28-15(30)27-7-5-10(19)12(11(20)6-7)31-17(25,26)14(21)16(22,23)24/h1-6,14H,(H2,27,28,29,30). The number of anilines is 1. The van der Waals surface area contributed by atoms with E-state index >= 15 is 0 Å². The number of halogens is 9. The van der Waals surface area contributed by atoms with E-state index in [9.17, 15) is 35.9 Å². The van der Waals surface area contributed by atoms with Gasteiger partial charge in [0.05, 0.1) is 20.6 Å². The summed E-state index contributed by atoms with van der Waals surface area (Å²) in [6, 6.07) is 6.24. The van der Waals surface area contributed by atoms with E-state index in [2.05, 4.69) is 10.1 Å². The summed E-state index contributed by atoms with van der Waals surface area (Å²) in [5.41, 5.74) is -0.269. The van der Waals surface area contributed by atoms with Crippen LogP contribution in [0.4, 0.5) is 36.8 Å². The van der Waals surface area contributed by atoms with Crippen LogP contribution in [0.1, 0.15) is 10.4 Å². The Labute approximate surface area is 185 Å². The highest BCUT2D eigenvalue weighted by Crippen LogP contribution is 2.42. The first kappa shape index (κ1) is 24.9. The van der Waals surface area contributed by atoms with E-state index in [1.807, 2.05) is 5.32 Å². The number of rotatable bonds is 5. The molecule has 2 rings (SSSR count). The second kappa shape index (κ2) is 9.41. The van der Waals surface area contributed by atoms with Gasteiger partial charge in [0, 0.05) is 5.69 Å². The molecule has 0 radical (unpaired) electrons. The zero-order valence-electron chi connectivity index (χ0n) is 14.7. The number of hydrogen-bond donors (Lipinski definition) is 2. The minimum absolute atomic E-state index is 0.0215. The van der Waals surface area contributed by atoms with Gasteiger partial charge in [0.25, 0.3) is 12.1 Å². The fraction of sp³-hybridized carbons (Fsp3) is 0.176. The molecule has 2 aromatic rings. The molecular weight excluding hydrogens is 501 g/mol. The minimum Gasteiger partial charge on any atom is -0.427 e. The van der Waals surface area contributed by atoms with Crippen molar-refractivity contribution in [2.75, 3.05) is 5.32 Å². The molecule has 0 spiro atoms. The predicted octanol–water partition coefficient (Wildman–Crippen LogP) is 6.48. The number of carbonyl (C=O) groups is 2. The van der Waals surface area contributed by atoms with E-state index in [0.29, 0.717) is 0 Å². The average Bonchev–Trinajstić information content (AvgIpc) is 2.63. The summed E-state index contributed by atoms with van der Waals surface area (Å²) in [5.74, 6) is -2.03. The summed E-state index contributed by atoms with van der Waals surface area (Å²) in [5, 5.41) is 2.55. The molecule has 0 heterocycles. The van der Waals surface area contributed by atoms with Crippen molar-refractivity contribution in [2.45, 2.75) is 18.5 Å². The summed E-state index contributed by atoms with van der Waals surface area (Å²) in [4.78, 5) is 24.0. The highest BCUT2D eigenvalue weighted by Gasteiger charge is 2.59. The van der Waals surface area contributed by atoms with Crippen molar-refractivity contribution in [3.8, 4) is 5.75 Å². The Morgan fingerprint density at radius 3 is 2.00 bits per heavy atom. The molecule has 0 bridgehead atoms. The second-order valence-corrected chi connectivity index (χ2v) is 6.95. The number of carbonyl (C=O) groups excluding carboxylic acids is 2. The molecule has 14 heteroatoms. The molecule has 1 unspecified atom stereocenters. The number of amides is 3. The highest BCUT2D eigenvalue weighted by atomic mass is 35.5. The molecule has 0 aliphatic rings. The van der Waals surface area contributed by atoms with Crippen LogP contribution in [0, 0.1) is 0 Å². The van der Waals surface area contributed by atoms with Crippen LogP contribution >= 0.6 is 34.8 Å². The number of imide groups is 1. The van der Waals surface area contributed by atoms with Gasteiger partial charge in [-0.2, -0.15) is 22.0 Å². The van der Waals surface area contributed by atoms with Crippen molar-refractivity contribution in [2.24, 2.45) is 0 Å². The maximum absolute atomic E-state index is 13.4. The van der Waals surface area contributed by atoms with Crippen molar-refractivity contribution < 1.29 is 40.7 Å². The van der Waals surface area contributed by atoms with E-state index in [4.69, 9.17) is 34.8 Å². The number of nitrogens with one attached hydrogen (secondary N) is 2. The molecule has 2 aromatic carbocycles. The molecule has 2 N–H and O–H groups in total. The first-order valence-electron chi connectivity index (χ1n) is 7.86. The molecule has 3 amide bonds. The van der Waals surface area contributed by atoms with Crippen LogP contribution in [0.15, 0.2) is 36.4 Å². The van der Waals surface area contributed by atoms with Gasteiger partial charge in [0.15, 0.2) is 5.75 Å². The van der Waals surface area contributed by atoms with Crippen molar-refractivity contribution >= 4 is 52.4 Å². The monoisotopic (exact) mass is 508 g/mol. The Morgan fingerprint density at radius 1 is 0.935 bits per heavy atom. The van der Waals surface area contributed by atoms with Crippen molar-refractivity contribution in [1.29, 1.82) is 0 Å². The zero-order chi connectivity index (χ0) is 23.6. The summed E-state index contributed by atoms with van der Waals surface area (Å²) in [6.07, 6.45) is -15.9. The molecule has 0 aliphatic heterocycles. The lowest BCUT2D eigenvalue weighted by atomic mass is 10.2. The average molecular weight is 510 g/mol. The number of hydrogen-bond acceptors (Lipinski definition) is 3. The highest BCUT2D eigenvalue weighted by molar-refractivity contribution is 6.37. The van der Waals surface area contributed by atoms with Gasteiger partial charge in [-0.25, -0.2) is 9.18 Å². The molecule has 5 nitrogen and oxygen atoms in total. The smallest absolute Gasteiger partial charge is 0.427 e. The van der Waals surface area contributed by atoms with E-state index in [0.717, 1.165) is 12.1 Å². The predicted molar refractivity (Wildman–Crippen MR) is 101 cm³/mol. The lowest BCUT2D eigenvalue weighted by Crippen LogP contribution is -2.45. The van der Waals surface area contributed by atoms with Gasteiger partial charge in [0.2, 0.25) is 0 Å². The van der Waals surface area contributed by atoms with Crippen LogP contribution in [0.2, 0.25) is 15.1 Å². The van der Waals surface area contributed by atoms with Gasteiger partial charge in [-0.15, -0.1) is 0 Å². The summed E-state index contributed by atoms with van der Waals surface area (Å²) >= 11 is 17.2. The topological polar surface area (TPSA) is 67.4 Å². The SMILES string of the molecule is O=C(NC(=O)c1ccccc1Cl)Nc1cc(Cl)c(OC(F)(F)C(F)C(F)(F)F)c(Cl)c1. The quantitative estimate of drug-likeness (QED) is 0.453. The third-order valence-corrected chi connectivity index (χ3v) is 4.31. The Hall–Kier alpha value is -2.37. The Kier molecular flexibility index (Phi) is 7.56. The maximum atomic E-state index is 13.4. The van der Waals surface area contributed by atoms with Crippen molar-refractivity contribution in [1.82, 2.24) is 5.32 Å². The summed E-state index contributed by atoms with van der Waals surface area (Å²) in [7, 11) is 0. The largest absolute Gasteiger partial charge is 0.439 e. The molecule has 0 saturated heterocycles. The Bertz CT molecular complexity index is 980. The minimum atomic E-state index is -5.91. The van der Waals surface area contributed by atoms with Gasteiger partial charge < -0.3 is 10.1 Å². The summed E-state index contributed by atoms with van der Waals surface area (Å²) in [6.45, 7) is 0. The van der Waals surface area contributed by atoms with Crippen LogP contribution in [0.25, 0.3) is 0 Å². The zero-order valence-corrected chi connectivity index (χ0v) is 16.9. The lowest BCUT2D eigenvalue weighted by Gasteiger charge is -2.24. The fourth-order valence-electron chi connectivity index (χ4n) is 2.09. The van der Waals surface area contributed by atoms with Crippen LogP contribution in [-0.2, 0) is 0 Å². The van der Waals surface area contributed by atoms with E-state index < -0.39 is 46.2 Å². The van der Waals surface area contributed by atoms with Crippen LogP contribution in [-0.4, -0.2) is 30.4 Å². The number of alkyl halides is 6. The van der Waals surface area contributed by atoms with E-state index in [1.54, 1.807) is 6.07 Å². The fourth-order valence-corrected chi connectivity index (χ4v) is 2.87. The van der Waals surface area contributed by atoms with Gasteiger partial charge >= 0.3 is 18.3 Å². The Morgan fingerprint density at radius 2 is 1.48 bits per heavy atom. The number of ether oxygens (including phenoxy) is 1. The summed E-state index contributed by atoms with van der Waals surface area (Å²) < 4.78 is 80.3. The molecule has 0 aliphatic carbocycles. The van der Waals surface area contributed by atoms with Gasteiger partial charge in [0.1, 0.15) is 0 Å². The number of benzene rings is 2. The normalized spacial score (nSPS) is 12.8. The third kappa shape index (κ3) is 6.31. The van der Waals surface area contributed by atoms with Crippen molar-refractivity contribution in [3.63, 3.8) is 0 Å². The van der Waals surface area contributed by atoms with Gasteiger partial charge in [-0.1, -0.05) is 46.9 Å². The first-order valence-corrected chi connectivity index (χ1v) is 8.99. The maximum Gasteiger partial charge on any atom is 0.439 e. The van der Waals surface area contributed by atoms with E-state index in [1.165, 1.54) is 18.2 Å². The molecular formula is C17H9Cl3F6N2O3. The Balaban J connectivity index is 2.14. The van der Waals surface area contributed by atoms with Crippen molar-refractivity contribution in [3.05, 3.63) is 57.0 Å². The molecule has 0 fully saturated rings. The molecule has 31 heavy (non-hydrogen) atoms. The van der Waals surface area contributed by atoms with Crippen LogP contribution < -0.4 is 15.4 Å². The first-order chi connectivity index (χ1) is 14.2. The molecule has 1 atom stereocenters. The van der Waals surface area contributed by atoms with Gasteiger partial charge in [-0.3, -0.25) is 10.1 Å². The lowest BCUT2D eigenvalue weighted by molar-refractivity contribution is -0.304. The van der Waals surface area contributed by atoms with E-state index in [-0.39, 0.29) is 16.3 Å².